The van der Waals surface area contributed by atoms with Gasteiger partial charge in [-0.3, -0.25) is 4.79 Å². The third kappa shape index (κ3) is 5.51. The zero-order valence-electron chi connectivity index (χ0n) is 22.9. The third-order valence-electron chi connectivity index (χ3n) is 7.26. The minimum Gasteiger partial charge on any atom is -0.339 e. The van der Waals surface area contributed by atoms with Crippen LogP contribution >= 0.6 is 0 Å². The standard InChI is InChI=1S/C30H33N5O3S/c1-19-23(7-6-8-25(19)34-29(36)21-9-11-22(12-10-21)30(2,3)4)27-24-17-26(33-28(24)32-18-31-27)20-13-15-35(16-14-20)39(5,37)38/h6-13,17-18H,14-16H2,1-5H3,(H,34,36)(H,31,32,33). The molecule has 0 fully saturated rings. The number of hydrogen-bond donors (Lipinski definition) is 2. The van der Waals surface area contributed by atoms with Gasteiger partial charge in [0.2, 0.25) is 10.0 Å². The maximum Gasteiger partial charge on any atom is 0.255 e. The van der Waals surface area contributed by atoms with Gasteiger partial charge in [0.05, 0.1) is 11.9 Å². The first kappa shape index (κ1) is 26.8. The number of sulfonamides is 1. The first-order chi connectivity index (χ1) is 18.4. The lowest BCUT2D eigenvalue weighted by Crippen LogP contribution is -2.33. The molecular weight excluding hydrogens is 510 g/mol. The van der Waals surface area contributed by atoms with Crippen LogP contribution in [0, 0.1) is 6.92 Å². The fraction of sp³-hybridized carbons (Fsp3) is 0.300. The van der Waals surface area contributed by atoms with Gasteiger partial charge >= 0.3 is 0 Å². The van der Waals surface area contributed by atoms with Gasteiger partial charge in [-0.2, -0.15) is 4.31 Å². The van der Waals surface area contributed by atoms with Crippen molar-refractivity contribution in [1.29, 1.82) is 0 Å². The summed E-state index contributed by atoms with van der Waals surface area (Å²) in [4.78, 5) is 25.5. The molecule has 0 unspecified atom stereocenters. The van der Waals surface area contributed by atoms with Crippen molar-refractivity contribution in [2.24, 2.45) is 0 Å². The summed E-state index contributed by atoms with van der Waals surface area (Å²) in [5.74, 6) is -0.167. The summed E-state index contributed by atoms with van der Waals surface area (Å²) >= 11 is 0. The fourth-order valence-corrected chi connectivity index (χ4v) is 5.64. The van der Waals surface area contributed by atoms with Crippen LogP contribution in [0.4, 0.5) is 5.69 Å². The van der Waals surface area contributed by atoms with E-state index in [-0.39, 0.29) is 11.3 Å². The summed E-state index contributed by atoms with van der Waals surface area (Å²) in [7, 11) is -3.22. The van der Waals surface area contributed by atoms with Crippen LogP contribution in [0.3, 0.4) is 0 Å². The average molecular weight is 544 g/mol. The molecule has 3 heterocycles. The second-order valence-electron chi connectivity index (χ2n) is 11.0. The summed E-state index contributed by atoms with van der Waals surface area (Å²) in [6, 6.07) is 15.5. The lowest BCUT2D eigenvalue weighted by molar-refractivity contribution is 0.102. The zero-order chi connectivity index (χ0) is 27.9. The summed E-state index contributed by atoms with van der Waals surface area (Å²) in [6.07, 6.45) is 5.32. The van der Waals surface area contributed by atoms with Crippen molar-refractivity contribution in [1.82, 2.24) is 19.3 Å². The SMILES string of the molecule is Cc1c(NC(=O)c2ccc(C(C)(C)C)cc2)cccc1-c1ncnc2[nH]c(C3=CCN(S(C)(=O)=O)CC3)cc12. The van der Waals surface area contributed by atoms with Crippen molar-refractivity contribution >= 4 is 38.2 Å². The number of nitrogens with zero attached hydrogens (tertiary/aromatic N) is 3. The molecule has 0 saturated heterocycles. The number of aromatic amines is 1. The number of benzene rings is 2. The number of amides is 1. The Morgan fingerprint density at radius 3 is 2.46 bits per heavy atom. The van der Waals surface area contributed by atoms with Crippen LogP contribution in [0.5, 0.6) is 0 Å². The number of nitrogens with one attached hydrogen (secondary N) is 2. The van der Waals surface area contributed by atoms with E-state index in [2.05, 4.69) is 41.0 Å². The monoisotopic (exact) mass is 543 g/mol. The number of hydrogen-bond acceptors (Lipinski definition) is 5. The molecule has 0 spiro atoms. The molecule has 1 amide bonds. The number of anilines is 1. The Morgan fingerprint density at radius 2 is 1.82 bits per heavy atom. The molecule has 9 heteroatoms. The molecule has 5 rings (SSSR count). The van der Waals surface area contributed by atoms with Crippen LogP contribution in [-0.4, -0.2) is 52.9 Å². The first-order valence-electron chi connectivity index (χ1n) is 12.9. The molecule has 1 aliphatic rings. The van der Waals surface area contributed by atoms with Crippen LogP contribution in [0.1, 0.15) is 54.4 Å². The molecule has 8 nitrogen and oxygen atoms in total. The van der Waals surface area contributed by atoms with Gasteiger partial charge in [0.1, 0.15) is 12.0 Å². The van der Waals surface area contributed by atoms with Gasteiger partial charge in [0.25, 0.3) is 5.91 Å². The summed E-state index contributed by atoms with van der Waals surface area (Å²) in [6.45, 7) is 9.20. The Bertz CT molecular complexity index is 1700. The zero-order valence-corrected chi connectivity index (χ0v) is 23.7. The van der Waals surface area contributed by atoms with Crippen LogP contribution in [0.2, 0.25) is 0 Å². The quantitative estimate of drug-likeness (QED) is 0.344. The van der Waals surface area contributed by atoms with E-state index >= 15 is 0 Å². The van der Waals surface area contributed by atoms with E-state index < -0.39 is 10.0 Å². The Labute approximate surface area is 229 Å². The molecule has 202 valence electrons. The summed E-state index contributed by atoms with van der Waals surface area (Å²) in [5, 5.41) is 3.93. The van der Waals surface area contributed by atoms with Gasteiger partial charge in [-0.1, -0.05) is 51.1 Å². The Kier molecular flexibility index (Phi) is 6.90. The van der Waals surface area contributed by atoms with E-state index in [9.17, 15) is 13.2 Å². The molecule has 0 radical (unpaired) electrons. The highest BCUT2D eigenvalue weighted by Gasteiger charge is 2.22. The predicted molar refractivity (Wildman–Crippen MR) is 156 cm³/mol. The maximum absolute atomic E-state index is 13.1. The average Bonchev–Trinajstić information content (AvgIpc) is 3.34. The second kappa shape index (κ2) is 10.1. The van der Waals surface area contributed by atoms with E-state index in [1.807, 2.05) is 61.5 Å². The largest absolute Gasteiger partial charge is 0.339 e. The molecule has 2 N–H and O–H groups in total. The molecule has 1 aliphatic heterocycles. The van der Waals surface area contributed by atoms with E-state index in [0.717, 1.165) is 39.2 Å². The Balaban J connectivity index is 1.43. The van der Waals surface area contributed by atoms with E-state index in [1.54, 1.807) is 0 Å². The molecule has 0 saturated carbocycles. The highest BCUT2D eigenvalue weighted by molar-refractivity contribution is 7.88. The van der Waals surface area contributed by atoms with Gasteiger partial charge in [0.15, 0.2) is 0 Å². The third-order valence-corrected chi connectivity index (χ3v) is 8.53. The van der Waals surface area contributed by atoms with E-state index in [4.69, 9.17) is 0 Å². The lowest BCUT2D eigenvalue weighted by Gasteiger charge is -2.23. The molecule has 0 atom stereocenters. The number of carbonyl (C=O) groups excluding carboxylic acids is 1. The summed E-state index contributed by atoms with van der Waals surface area (Å²) < 4.78 is 25.2. The van der Waals surface area contributed by atoms with Crippen molar-refractivity contribution < 1.29 is 13.2 Å². The van der Waals surface area contributed by atoms with Crippen molar-refractivity contribution in [2.75, 3.05) is 24.7 Å². The highest BCUT2D eigenvalue weighted by atomic mass is 32.2. The van der Waals surface area contributed by atoms with Crippen molar-refractivity contribution in [3.05, 3.63) is 83.3 Å². The Hall–Kier alpha value is -3.82. The van der Waals surface area contributed by atoms with Gasteiger partial charge in [0, 0.05) is 41.0 Å². The van der Waals surface area contributed by atoms with Crippen molar-refractivity contribution in [2.45, 2.75) is 39.5 Å². The second-order valence-corrected chi connectivity index (χ2v) is 13.0. The van der Waals surface area contributed by atoms with Gasteiger partial charge in [-0.25, -0.2) is 18.4 Å². The predicted octanol–water partition coefficient (Wildman–Crippen LogP) is 5.53. The smallest absolute Gasteiger partial charge is 0.255 e. The topological polar surface area (TPSA) is 108 Å². The normalized spacial score (nSPS) is 14.8. The number of fused-ring (bicyclic) bond motifs is 1. The molecule has 2 aromatic heterocycles. The van der Waals surface area contributed by atoms with Crippen molar-refractivity contribution in [3.63, 3.8) is 0 Å². The van der Waals surface area contributed by atoms with Crippen molar-refractivity contribution in [3.8, 4) is 11.3 Å². The van der Waals surface area contributed by atoms with Crippen LogP contribution in [0.15, 0.2) is 60.9 Å². The summed E-state index contributed by atoms with van der Waals surface area (Å²) in [5.41, 5.74) is 7.73. The fourth-order valence-electron chi connectivity index (χ4n) is 4.87. The van der Waals surface area contributed by atoms with Crippen LogP contribution in [0.25, 0.3) is 27.9 Å². The lowest BCUT2D eigenvalue weighted by atomic mass is 9.86. The molecular formula is C30H33N5O3S. The highest BCUT2D eigenvalue weighted by Crippen LogP contribution is 2.34. The molecule has 39 heavy (non-hydrogen) atoms. The minimum absolute atomic E-state index is 0.0188. The first-order valence-corrected chi connectivity index (χ1v) is 14.8. The Morgan fingerprint density at radius 1 is 1.08 bits per heavy atom. The number of carbonyl (C=O) groups is 1. The molecule has 2 aromatic carbocycles. The number of H-pyrrole nitrogens is 1. The number of rotatable bonds is 5. The van der Waals surface area contributed by atoms with Gasteiger partial charge in [-0.15, -0.1) is 0 Å². The van der Waals surface area contributed by atoms with Gasteiger partial charge in [-0.05, 0) is 59.7 Å². The number of aromatic nitrogens is 3. The van der Waals surface area contributed by atoms with Gasteiger partial charge < -0.3 is 10.3 Å². The molecule has 4 aromatic rings. The molecule has 0 bridgehead atoms. The molecule has 0 aliphatic carbocycles. The van der Waals surface area contributed by atoms with Crippen LogP contribution < -0.4 is 5.32 Å². The van der Waals surface area contributed by atoms with E-state index in [0.29, 0.717) is 30.7 Å². The maximum atomic E-state index is 13.1. The minimum atomic E-state index is -3.22. The van der Waals surface area contributed by atoms with E-state index in [1.165, 1.54) is 22.5 Å². The van der Waals surface area contributed by atoms with Crippen LogP contribution in [-0.2, 0) is 15.4 Å².